The average Bonchev–Trinajstić information content (AvgIpc) is 3.06. The van der Waals surface area contributed by atoms with Crippen molar-refractivity contribution >= 4 is 33.7 Å². The van der Waals surface area contributed by atoms with E-state index >= 15 is 0 Å². The molecule has 0 aliphatic rings. The van der Waals surface area contributed by atoms with E-state index in [1.165, 1.54) is 22.9 Å². The van der Waals surface area contributed by atoms with Crippen molar-refractivity contribution in [3.63, 3.8) is 0 Å². The minimum Gasteiger partial charge on any atom is -0.370 e. The van der Waals surface area contributed by atoms with Crippen molar-refractivity contribution in [2.75, 3.05) is 0 Å². The van der Waals surface area contributed by atoms with Crippen LogP contribution >= 0.6 is 0 Å². The lowest BCUT2D eigenvalue weighted by atomic mass is 10.1. The van der Waals surface area contributed by atoms with Gasteiger partial charge < -0.3 is 16.0 Å². The number of rotatable bonds is 2. The number of nitrogens with zero attached hydrogens (tertiary/aromatic N) is 3. The van der Waals surface area contributed by atoms with E-state index < -0.39 is 23.6 Å². The molecule has 29 heavy (non-hydrogen) atoms. The first kappa shape index (κ1) is 18.5. The first-order chi connectivity index (χ1) is 13.8. The Morgan fingerprint density at radius 3 is 2.52 bits per heavy atom. The van der Waals surface area contributed by atoms with Crippen LogP contribution in [0.3, 0.4) is 0 Å². The van der Waals surface area contributed by atoms with Crippen molar-refractivity contribution in [2.45, 2.75) is 6.18 Å². The summed E-state index contributed by atoms with van der Waals surface area (Å²) in [5.74, 6) is -1.49. The predicted octanol–water partition coefficient (Wildman–Crippen LogP) is 3.61. The Morgan fingerprint density at radius 2 is 1.79 bits per heavy atom. The number of pyridine rings is 1. The molecule has 0 saturated carbocycles. The molecule has 0 bridgehead atoms. The van der Waals surface area contributed by atoms with Crippen molar-refractivity contribution in [3.05, 3.63) is 72.1 Å². The fourth-order valence-electron chi connectivity index (χ4n) is 3.35. The van der Waals surface area contributed by atoms with Crippen LogP contribution in [0.4, 0.5) is 13.2 Å². The van der Waals surface area contributed by atoms with Crippen LogP contribution in [0.15, 0.2) is 65.9 Å². The third-order valence-corrected chi connectivity index (χ3v) is 4.48. The summed E-state index contributed by atoms with van der Waals surface area (Å²) >= 11 is 0. The van der Waals surface area contributed by atoms with Crippen molar-refractivity contribution in [1.29, 1.82) is 0 Å². The smallest absolute Gasteiger partial charge is 0.370 e. The Hall–Kier alpha value is -3.88. The maximum absolute atomic E-state index is 13.7. The number of benzene rings is 2. The van der Waals surface area contributed by atoms with Crippen molar-refractivity contribution < 1.29 is 18.0 Å². The van der Waals surface area contributed by atoms with Crippen LogP contribution < -0.4 is 11.5 Å². The third kappa shape index (κ3) is 3.16. The van der Waals surface area contributed by atoms with Gasteiger partial charge in [-0.15, -0.1) is 0 Å². The standard InChI is InChI=1S/C20H14F3N5O/c21-20(22,23)13-5-3-7-16-17(13)12(18(29)27-19(24)25)10-28(16)15-8-9-26-14-6-2-1-4-11(14)15/h1-10H,(H4,24,25,27,29). The number of hydrogen-bond acceptors (Lipinski definition) is 2. The number of fused-ring (bicyclic) bond motifs is 2. The summed E-state index contributed by atoms with van der Waals surface area (Å²) in [6.45, 7) is 0. The van der Waals surface area contributed by atoms with Crippen LogP contribution in [0.1, 0.15) is 15.9 Å². The molecular weight excluding hydrogens is 383 g/mol. The lowest BCUT2D eigenvalue weighted by Crippen LogP contribution is -2.24. The molecule has 2 heterocycles. The summed E-state index contributed by atoms with van der Waals surface area (Å²) in [5.41, 5.74) is 10.8. The van der Waals surface area contributed by atoms with Crippen LogP contribution in [0.25, 0.3) is 27.5 Å². The number of nitrogens with two attached hydrogens (primary N) is 2. The Balaban J connectivity index is 2.11. The Labute approximate surface area is 162 Å². The zero-order valence-corrected chi connectivity index (χ0v) is 14.8. The molecule has 0 atom stereocenters. The topological polar surface area (TPSA) is 99.3 Å². The zero-order chi connectivity index (χ0) is 20.8. The van der Waals surface area contributed by atoms with E-state index in [9.17, 15) is 18.0 Å². The van der Waals surface area contributed by atoms with Crippen LogP contribution in [-0.4, -0.2) is 21.4 Å². The monoisotopic (exact) mass is 397 g/mol. The van der Waals surface area contributed by atoms with Gasteiger partial charge in [0.2, 0.25) is 0 Å². The molecule has 2 aromatic carbocycles. The molecule has 0 spiro atoms. The van der Waals surface area contributed by atoms with Gasteiger partial charge in [-0.2, -0.15) is 18.2 Å². The quantitative estimate of drug-likeness (QED) is 0.399. The highest BCUT2D eigenvalue weighted by Crippen LogP contribution is 2.39. The van der Waals surface area contributed by atoms with Gasteiger partial charge in [0.25, 0.3) is 5.91 Å². The van der Waals surface area contributed by atoms with Gasteiger partial charge in [-0.25, -0.2) is 0 Å². The Kier molecular flexibility index (Phi) is 4.22. The van der Waals surface area contributed by atoms with Gasteiger partial charge in [0.05, 0.1) is 27.8 Å². The second-order valence-corrected chi connectivity index (χ2v) is 6.30. The molecular formula is C20H14F3N5O. The molecule has 0 aliphatic carbocycles. The molecule has 4 N–H and O–H groups in total. The Morgan fingerprint density at radius 1 is 1.03 bits per heavy atom. The zero-order valence-electron chi connectivity index (χ0n) is 14.8. The number of guanidine groups is 1. The second kappa shape index (κ2) is 6.62. The summed E-state index contributed by atoms with van der Waals surface area (Å²) in [7, 11) is 0. The Bertz CT molecular complexity index is 1280. The largest absolute Gasteiger partial charge is 0.417 e. The maximum atomic E-state index is 13.7. The summed E-state index contributed by atoms with van der Waals surface area (Å²) in [6.07, 6.45) is -1.80. The fourth-order valence-corrected chi connectivity index (χ4v) is 3.35. The van der Waals surface area contributed by atoms with Crippen LogP contribution in [0.5, 0.6) is 0 Å². The van der Waals surface area contributed by atoms with Crippen molar-refractivity contribution in [1.82, 2.24) is 9.55 Å². The third-order valence-electron chi connectivity index (χ3n) is 4.48. The van der Waals surface area contributed by atoms with Gasteiger partial charge in [0.15, 0.2) is 5.96 Å². The molecule has 4 rings (SSSR count). The predicted molar refractivity (Wildman–Crippen MR) is 104 cm³/mol. The molecule has 0 radical (unpaired) electrons. The molecule has 1 amide bonds. The molecule has 0 fully saturated rings. The summed E-state index contributed by atoms with van der Waals surface area (Å²) in [4.78, 5) is 20.2. The number of para-hydroxylation sites is 1. The van der Waals surface area contributed by atoms with Gasteiger partial charge in [0.1, 0.15) is 0 Å². The summed E-state index contributed by atoms with van der Waals surface area (Å²) in [5, 5.41) is 0.445. The SMILES string of the molecule is NC(N)=NC(=O)c1cn(-c2ccnc3ccccc23)c2cccc(C(F)(F)F)c12. The molecule has 0 aliphatic heterocycles. The first-order valence-corrected chi connectivity index (χ1v) is 8.46. The fraction of sp³-hybridized carbons (Fsp3) is 0.0500. The second-order valence-electron chi connectivity index (χ2n) is 6.30. The van der Waals surface area contributed by atoms with Crippen molar-refractivity contribution in [3.8, 4) is 5.69 Å². The molecule has 0 unspecified atom stereocenters. The van der Waals surface area contributed by atoms with E-state index in [-0.39, 0.29) is 16.5 Å². The van der Waals surface area contributed by atoms with Crippen molar-refractivity contribution in [2.24, 2.45) is 16.5 Å². The van der Waals surface area contributed by atoms with Gasteiger partial charge in [0, 0.05) is 23.2 Å². The summed E-state index contributed by atoms with van der Waals surface area (Å²) < 4.78 is 42.5. The number of aliphatic imine (C=N–C) groups is 1. The number of carbonyl (C=O) groups is 1. The number of amides is 1. The number of alkyl halides is 3. The van der Waals surface area contributed by atoms with E-state index in [0.29, 0.717) is 16.6 Å². The average molecular weight is 397 g/mol. The highest BCUT2D eigenvalue weighted by molar-refractivity contribution is 6.12. The number of carbonyl (C=O) groups excluding carboxylic acids is 1. The molecule has 6 nitrogen and oxygen atoms in total. The molecule has 0 saturated heterocycles. The van der Waals surface area contributed by atoms with E-state index in [2.05, 4.69) is 9.98 Å². The highest BCUT2D eigenvalue weighted by atomic mass is 19.4. The maximum Gasteiger partial charge on any atom is 0.417 e. The normalized spacial score (nSPS) is 11.7. The van der Waals surface area contributed by atoms with Gasteiger partial charge in [-0.3, -0.25) is 9.78 Å². The molecule has 2 aromatic heterocycles. The number of aromatic nitrogens is 2. The van der Waals surface area contributed by atoms with Gasteiger partial charge in [-0.1, -0.05) is 24.3 Å². The minimum absolute atomic E-state index is 0.199. The van der Waals surface area contributed by atoms with Crippen LogP contribution in [0, 0.1) is 0 Å². The lowest BCUT2D eigenvalue weighted by Gasteiger charge is -2.11. The molecule has 4 aromatic rings. The van der Waals surface area contributed by atoms with Crippen LogP contribution in [-0.2, 0) is 6.18 Å². The molecule has 146 valence electrons. The van der Waals surface area contributed by atoms with E-state index in [1.54, 1.807) is 30.5 Å². The summed E-state index contributed by atoms with van der Waals surface area (Å²) in [6, 6.07) is 12.6. The van der Waals surface area contributed by atoms with Gasteiger partial charge in [-0.05, 0) is 24.3 Å². The van der Waals surface area contributed by atoms with E-state index in [0.717, 1.165) is 6.07 Å². The number of halogens is 3. The first-order valence-electron chi connectivity index (χ1n) is 8.46. The van der Waals surface area contributed by atoms with Gasteiger partial charge >= 0.3 is 6.18 Å². The minimum atomic E-state index is -4.67. The lowest BCUT2D eigenvalue weighted by molar-refractivity contribution is -0.136. The van der Waals surface area contributed by atoms with E-state index in [1.807, 2.05) is 6.07 Å². The molecule has 9 heteroatoms. The number of hydrogen-bond donors (Lipinski definition) is 2. The van der Waals surface area contributed by atoms with E-state index in [4.69, 9.17) is 11.5 Å². The highest BCUT2D eigenvalue weighted by Gasteiger charge is 2.35. The van der Waals surface area contributed by atoms with Crippen LogP contribution in [0.2, 0.25) is 0 Å².